The van der Waals surface area contributed by atoms with Crippen molar-refractivity contribution in [3.05, 3.63) is 41.0 Å². The van der Waals surface area contributed by atoms with Crippen LogP contribution >= 0.6 is 0 Å². The fourth-order valence-electron chi connectivity index (χ4n) is 3.12. The minimum atomic E-state index is -0.102. The van der Waals surface area contributed by atoms with Gasteiger partial charge in [-0.05, 0) is 42.0 Å². The molecule has 1 aromatic rings. The molecule has 94 valence electrons. The highest BCUT2D eigenvalue weighted by Crippen LogP contribution is 2.39. The van der Waals surface area contributed by atoms with E-state index in [1.807, 2.05) is 0 Å². The van der Waals surface area contributed by atoms with E-state index in [2.05, 4.69) is 41.8 Å². The van der Waals surface area contributed by atoms with Gasteiger partial charge in [-0.3, -0.25) is 10.1 Å². The molecule has 2 atom stereocenters. The number of nitrogens with one attached hydrogen (secondary N) is 2. The molecule has 0 saturated carbocycles. The van der Waals surface area contributed by atoms with Gasteiger partial charge in [0.2, 0.25) is 5.91 Å². The molecule has 3 nitrogen and oxygen atoms in total. The second kappa shape index (κ2) is 4.25. The van der Waals surface area contributed by atoms with Gasteiger partial charge in [-0.25, -0.2) is 0 Å². The summed E-state index contributed by atoms with van der Waals surface area (Å²) < 4.78 is 0. The number of fused-ring (bicyclic) bond motifs is 2. The lowest BCUT2D eigenvalue weighted by Crippen LogP contribution is -2.49. The van der Waals surface area contributed by atoms with Gasteiger partial charge in [0, 0.05) is 13.1 Å². The van der Waals surface area contributed by atoms with E-state index in [4.69, 9.17) is 0 Å². The molecule has 1 aliphatic heterocycles. The van der Waals surface area contributed by atoms with Gasteiger partial charge in [0.25, 0.3) is 0 Å². The van der Waals surface area contributed by atoms with Gasteiger partial charge in [-0.2, -0.15) is 0 Å². The van der Waals surface area contributed by atoms with Crippen LogP contribution in [0.15, 0.2) is 29.8 Å². The van der Waals surface area contributed by atoms with Crippen LogP contribution in [-0.2, 0) is 11.2 Å². The maximum atomic E-state index is 11.8. The number of hydrogen-bond donors (Lipinski definition) is 2. The first-order chi connectivity index (χ1) is 8.70. The molecule has 3 rings (SSSR count). The Labute approximate surface area is 107 Å². The van der Waals surface area contributed by atoms with Gasteiger partial charge in [-0.15, -0.1) is 0 Å². The van der Waals surface area contributed by atoms with Crippen LogP contribution in [0, 0.1) is 0 Å². The molecular weight excluding hydrogens is 224 g/mol. The Morgan fingerprint density at radius 3 is 2.94 bits per heavy atom. The topological polar surface area (TPSA) is 41.1 Å². The first-order valence-electron chi connectivity index (χ1n) is 6.48. The Morgan fingerprint density at radius 1 is 1.39 bits per heavy atom. The monoisotopic (exact) mass is 242 g/mol. The standard InChI is InChI=1S/C15H18N2O/c1-9-12-7-10-5-3-4-6-11(10)13(12)8-14(17-9)15(18)16-2/h3-6,9,14,17H,7-8H2,1-2H3,(H,16,18). The van der Waals surface area contributed by atoms with Crippen molar-refractivity contribution >= 4 is 11.5 Å². The SMILES string of the molecule is CNC(=O)C1CC2=C(Cc3ccccc32)C(C)N1. The number of benzene rings is 1. The largest absolute Gasteiger partial charge is 0.358 e. The molecule has 0 radical (unpaired) electrons. The van der Waals surface area contributed by atoms with Gasteiger partial charge in [0.05, 0.1) is 6.04 Å². The van der Waals surface area contributed by atoms with Gasteiger partial charge in [0.15, 0.2) is 0 Å². The fourth-order valence-corrected chi connectivity index (χ4v) is 3.12. The summed E-state index contributed by atoms with van der Waals surface area (Å²) in [7, 11) is 1.70. The summed E-state index contributed by atoms with van der Waals surface area (Å²) in [6.07, 6.45) is 1.83. The van der Waals surface area contributed by atoms with Crippen molar-refractivity contribution in [2.24, 2.45) is 0 Å². The van der Waals surface area contributed by atoms with Crippen molar-refractivity contribution in [2.45, 2.75) is 31.8 Å². The molecule has 0 spiro atoms. The highest BCUT2D eigenvalue weighted by atomic mass is 16.2. The number of carbonyl (C=O) groups excluding carboxylic acids is 1. The first kappa shape index (κ1) is 11.5. The summed E-state index contributed by atoms with van der Waals surface area (Å²) in [6.45, 7) is 2.15. The second-order valence-electron chi connectivity index (χ2n) is 5.10. The molecular formula is C15H18N2O. The number of hydrogen-bond acceptors (Lipinski definition) is 2. The maximum Gasteiger partial charge on any atom is 0.237 e. The predicted octanol–water partition coefficient (Wildman–Crippen LogP) is 1.49. The van der Waals surface area contributed by atoms with E-state index < -0.39 is 0 Å². The van der Waals surface area contributed by atoms with Crippen LogP contribution in [0.1, 0.15) is 24.5 Å². The van der Waals surface area contributed by atoms with Crippen LogP contribution < -0.4 is 10.6 Å². The summed E-state index contributed by atoms with van der Waals surface area (Å²) >= 11 is 0. The molecule has 0 bridgehead atoms. The lowest BCUT2D eigenvalue weighted by molar-refractivity contribution is -0.122. The van der Waals surface area contributed by atoms with E-state index in [9.17, 15) is 4.79 Å². The summed E-state index contributed by atoms with van der Waals surface area (Å²) in [5.41, 5.74) is 5.57. The highest BCUT2D eigenvalue weighted by Gasteiger charge is 2.34. The van der Waals surface area contributed by atoms with Crippen LogP contribution in [0.3, 0.4) is 0 Å². The molecule has 1 heterocycles. The molecule has 2 N–H and O–H groups in total. The van der Waals surface area contributed by atoms with Crippen molar-refractivity contribution in [1.29, 1.82) is 0 Å². The third-order valence-corrected chi connectivity index (χ3v) is 4.06. The normalized spacial score (nSPS) is 25.7. The van der Waals surface area contributed by atoms with Crippen LogP contribution in [0.25, 0.3) is 5.57 Å². The molecule has 0 aromatic heterocycles. The first-order valence-corrected chi connectivity index (χ1v) is 6.48. The van der Waals surface area contributed by atoms with Gasteiger partial charge < -0.3 is 5.32 Å². The zero-order chi connectivity index (χ0) is 12.7. The molecule has 1 aliphatic carbocycles. The molecule has 3 heteroatoms. The van der Waals surface area contributed by atoms with Crippen LogP contribution in [-0.4, -0.2) is 25.0 Å². The Bertz CT molecular complexity index is 533. The lowest BCUT2D eigenvalue weighted by atomic mass is 9.90. The fraction of sp³-hybridized carbons (Fsp3) is 0.400. The van der Waals surface area contributed by atoms with E-state index in [1.54, 1.807) is 7.05 Å². The van der Waals surface area contributed by atoms with Crippen molar-refractivity contribution in [3.8, 4) is 0 Å². The Kier molecular flexibility index (Phi) is 2.71. The molecule has 2 aliphatic rings. The number of amides is 1. The van der Waals surface area contributed by atoms with E-state index in [0.717, 1.165) is 12.8 Å². The van der Waals surface area contributed by atoms with Crippen molar-refractivity contribution in [1.82, 2.24) is 10.6 Å². The zero-order valence-corrected chi connectivity index (χ0v) is 10.8. The molecule has 0 fully saturated rings. The minimum absolute atomic E-state index is 0.0813. The number of carbonyl (C=O) groups is 1. The quantitative estimate of drug-likeness (QED) is 0.783. The third kappa shape index (κ3) is 1.66. The van der Waals surface area contributed by atoms with Crippen LogP contribution in [0.2, 0.25) is 0 Å². The average Bonchev–Trinajstić information content (AvgIpc) is 2.77. The summed E-state index contributed by atoms with van der Waals surface area (Å²) in [6, 6.07) is 8.71. The van der Waals surface area contributed by atoms with Gasteiger partial charge in [0.1, 0.15) is 0 Å². The Hall–Kier alpha value is -1.61. The summed E-state index contributed by atoms with van der Waals surface area (Å²) in [5, 5.41) is 6.14. The predicted molar refractivity (Wildman–Crippen MR) is 72.1 cm³/mol. The average molecular weight is 242 g/mol. The van der Waals surface area contributed by atoms with Gasteiger partial charge in [-0.1, -0.05) is 24.3 Å². The number of likely N-dealkylation sites (N-methyl/N-ethyl adjacent to an activating group) is 1. The Morgan fingerprint density at radius 2 is 2.17 bits per heavy atom. The molecule has 1 amide bonds. The van der Waals surface area contributed by atoms with Crippen LogP contribution in [0.5, 0.6) is 0 Å². The second-order valence-corrected chi connectivity index (χ2v) is 5.10. The number of rotatable bonds is 1. The smallest absolute Gasteiger partial charge is 0.237 e. The van der Waals surface area contributed by atoms with Gasteiger partial charge >= 0.3 is 0 Å². The van der Waals surface area contributed by atoms with E-state index in [0.29, 0.717) is 0 Å². The highest BCUT2D eigenvalue weighted by molar-refractivity contribution is 5.87. The summed E-state index contributed by atoms with van der Waals surface area (Å²) in [4.78, 5) is 11.8. The van der Waals surface area contributed by atoms with E-state index in [1.165, 1.54) is 22.3 Å². The molecule has 1 aromatic carbocycles. The Balaban J connectivity index is 1.97. The van der Waals surface area contributed by atoms with E-state index >= 15 is 0 Å². The molecule has 2 unspecified atom stereocenters. The zero-order valence-electron chi connectivity index (χ0n) is 10.8. The lowest BCUT2D eigenvalue weighted by Gasteiger charge is -2.30. The van der Waals surface area contributed by atoms with Crippen molar-refractivity contribution < 1.29 is 4.79 Å². The molecule has 18 heavy (non-hydrogen) atoms. The third-order valence-electron chi connectivity index (χ3n) is 4.06. The van der Waals surface area contributed by atoms with Crippen molar-refractivity contribution in [2.75, 3.05) is 7.05 Å². The maximum absolute atomic E-state index is 11.8. The van der Waals surface area contributed by atoms with Crippen LogP contribution in [0.4, 0.5) is 0 Å². The summed E-state index contributed by atoms with van der Waals surface area (Å²) in [5.74, 6) is 0.0813. The minimum Gasteiger partial charge on any atom is -0.358 e. The van der Waals surface area contributed by atoms with E-state index in [-0.39, 0.29) is 18.0 Å². The van der Waals surface area contributed by atoms with Crippen molar-refractivity contribution in [3.63, 3.8) is 0 Å². The molecule has 0 saturated heterocycles.